The van der Waals surface area contributed by atoms with Crippen molar-refractivity contribution in [2.75, 3.05) is 26.3 Å². The number of hydrogen-bond donors (Lipinski definition) is 1. The van der Waals surface area contributed by atoms with Crippen LogP contribution in [-0.4, -0.2) is 26.3 Å². The van der Waals surface area contributed by atoms with Crippen LogP contribution in [0.4, 0.5) is 0 Å². The first kappa shape index (κ1) is 12.4. The van der Waals surface area contributed by atoms with Crippen molar-refractivity contribution >= 4 is 0 Å². The van der Waals surface area contributed by atoms with Gasteiger partial charge in [-0.15, -0.1) is 0 Å². The average molecular weight is 225 g/mol. The van der Waals surface area contributed by atoms with Crippen LogP contribution in [0, 0.1) is 11.3 Å². The third-order valence-corrected chi connectivity index (χ3v) is 4.69. The van der Waals surface area contributed by atoms with Crippen LogP contribution in [0.2, 0.25) is 0 Å². The molecule has 94 valence electrons. The Balaban J connectivity index is 1.66. The summed E-state index contributed by atoms with van der Waals surface area (Å²) in [6, 6.07) is 0. The lowest BCUT2D eigenvalue weighted by atomic mass is 9.83. The normalized spacial score (nSPS) is 26.1. The van der Waals surface area contributed by atoms with Crippen LogP contribution in [0.15, 0.2) is 0 Å². The molecule has 0 spiro atoms. The van der Waals surface area contributed by atoms with Crippen LogP contribution in [0.5, 0.6) is 0 Å². The summed E-state index contributed by atoms with van der Waals surface area (Å²) in [6.07, 6.45) is 9.67. The van der Waals surface area contributed by atoms with E-state index in [1.54, 1.807) is 0 Å². The molecule has 0 bridgehead atoms. The third kappa shape index (κ3) is 3.21. The van der Waals surface area contributed by atoms with Gasteiger partial charge in [-0.1, -0.05) is 19.8 Å². The van der Waals surface area contributed by atoms with Crippen molar-refractivity contribution in [3.05, 3.63) is 0 Å². The molecule has 2 heteroatoms. The van der Waals surface area contributed by atoms with Crippen molar-refractivity contribution in [1.29, 1.82) is 0 Å². The zero-order valence-electron chi connectivity index (χ0n) is 10.8. The Morgan fingerprint density at radius 2 is 1.88 bits per heavy atom. The Morgan fingerprint density at radius 3 is 2.50 bits per heavy atom. The smallest absolute Gasteiger partial charge is 0.0469 e. The highest BCUT2D eigenvalue weighted by Gasteiger charge is 2.31. The van der Waals surface area contributed by atoms with Crippen LogP contribution in [0.1, 0.15) is 51.9 Å². The summed E-state index contributed by atoms with van der Waals surface area (Å²) < 4.78 is 5.39. The summed E-state index contributed by atoms with van der Waals surface area (Å²) in [4.78, 5) is 0. The molecule has 1 saturated heterocycles. The largest absolute Gasteiger partial charge is 0.381 e. The summed E-state index contributed by atoms with van der Waals surface area (Å²) in [7, 11) is 0. The Kier molecular flexibility index (Phi) is 4.66. The molecule has 2 aliphatic rings. The summed E-state index contributed by atoms with van der Waals surface area (Å²) in [5, 5.41) is 3.73. The van der Waals surface area contributed by atoms with Gasteiger partial charge in [0.1, 0.15) is 0 Å². The van der Waals surface area contributed by atoms with E-state index in [-0.39, 0.29) is 0 Å². The lowest BCUT2D eigenvalue weighted by Crippen LogP contribution is -2.36. The van der Waals surface area contributed by atoms with Gasteiger partial charge < -0.3 is 10.1 Å². The molecule has 0 aromatic rings. The van der Waals surface area contributed by atoms with Gasteiger partial charge in [-0.25, -0.2) is 0 Å². The molecule has 2 fully saturated rings. The van der Waals surface area contributed by atoms with E-state index in [1.165, 1.54) is 58.0 Å². The molecular weight excluding hydrogens is 198 g/mol. The molecule has 0 unspecified atom stereocenters. The highest BCUT2D eigenvalue weighted by molar-refractivity contribution is 4.85. The van der Waals surface area contributed by atoms with E-state index in [9.17, 15) is 0 Å². The molecular formula is C14H27NO. The summed E-state index contributed by atoms with van der Waals surface area (Å²) in [5.41, 5.74) is 0.644. The van der Waals surface area contributed by atoms with Crippen molar-refractivity contribution < 1.29 is 4.74 Å². The molecule has 0 amide bonds. The van der Waals surface area contributed by atoms with Gasteiger partial charge in [-0.05, 0) is 50.0 Å². The first-order valence-electron chi connectivity index (χ1n) is 7.13. The monoisotopic (exact) mass is 225 g/mol. The van der Waals surface area contributed by atoms with E-state index >= 15 is 0 Å². The summed E-state index contributed by atoms with van der Waals surface area (Å²) in [6.45, 7) is 6.78. The van der Waals surface area contributed by atoms with Crippen molar-refractivity contribution in [3.63, 3.8) is 0 Å². The molecule has 1 saturated carbocycles. The second kappa shape index (κ2) is 6.02. The van der Waals surface area contributed by atoms with Gasteiger partial charge in [0.15, 0.2) is 0 Å². The van der Waals surface area contributed by atoms with Gasteiger partial charge in [-0.2, -0.15) is 0 Å². The molecule has 0 aromatic carbocycles. The van der Waals surface area contributed by atoms with Crippen molar-refractivity contribution in [2.45, 2.75) is 51.9 Å². The standard InChI is InChI=1S/C14H27NO/c1-2-14(7-3-4-8-14)12-15-11-13-5-9-16-10-6-13/h13,15H,2-12H2,1H3. The van der Waals surface area contributed by atoms with Crippen LogP contribution in [0.25, 0.3) is 0 Å². The minimum atomic E-state index is 0.644. The summed E-state index contributed by atoms with van der Waals surface area (Å²) in [5.74, 6) is 0.865. The van der Waals surface area contributed by atoms with Gasteiger partial charge in [0, 0.05) is 19.8 Å². The minimum absolute atomic E-state index is 0.644. The molecule has 0 radical (unpaired) electrons. The van der Waals surface area contributed by atoms with Crippen LogP contribution in [0.3, 0.4) is 0 Å². The Morgan fingerprint density at radius 1 is 1.19 bits per heavy atom. The van der Waals surface area contributed by atoms with Gasteiger partial charge in [0.25, 0.3) is 0 Å². The summed E-state index contributed by atoms with van der Waals surface area (Å²) >= 11 is 0. The molecule has 2 rings (SSSR count). The van der Waals surface area contributed by atoms with Gasteiger partial charge in [-0.3, -0.25) is 0 Å². The second-order valence-electron chi connectivity index (χ2n) is 5.75. The maximum atomic E-state index is 5.39. The highest BCUT2D eigenvalue weighted by atomic mass is 16.5. The van der Waals surface area contributed by atoms with E-state index in [0.29, 0.717) is 5.41 Å². The quantitative estimate of drug-likeness (QED) is 0.776. The van der Waals surface area contributed by atoms with Gasteiger partial charge in [0.05, 0.1) is 0 Å². The van der Waals surface area contributed by atoms with Crippen LogP contribution >= 0.6 is 0 Å². The maximum absolute atomic E-state index is 5.39. The fourth-order valence-electron chi connectivity index (χ4n) is 3.27. The maximum Gasteiger partial charge on any atom is 0.0469 e. The van der Waals surface area contributed by atoms with Crippen molar-refractivity contribution in [3.8, 4) is 0 Å². The first-order chi connectivity index (χ1) is 7.85. The zero-order chi connectivity index (χ0) is 11.3. The lowest BCUT2D eigenvalue weighted by molar-refractivity contribution is 0.0652. The second-order valence-corrected chi connectivity index (χ2v) is 5.75. The number of hydrogen-bond acceptors (Lipinski definition) is 2. The van der Waals surface area contributed by atoms with E-state index in [0.717, 1.165) is 19.1 Å². The fourth-order valence-corrected chi connectivity index (χ4v) is 3.27. The van der Waals surface area contributed by atoms with E-state index in [1.807, 2.05) is 0 Å². The van der Waals surface area contributed by atoms with E-state index in [4.69, 9.17) is 4.74 Å². The number of rotatable bonds is 5. The molecule has 1 aliphatic heterocycles. The van der Waals surface area contributed by atoms with Crippen molar-refractivity contribution in [2.24, 2.45) is 11.3 Å². The average Bonchev–Trinajstić information content (AvgIpc) is 2.80. The Bertz CT molecular complexity index is 193. The van der Waals surface area contributed by atoms with E-state index in [2.05, 4.69) is 12.2 Å². The Hall–Kier alpha value is -0.0800. The highest BCUT2D eigenvalue weighted by Crippen LogP contribution is 2.40. The zero-order valence-corrected chi connectivity index (χ0v) is 10.8. The minimum Gasteiger partial charge on any atom is -0.381 e. The molecule has 1 heterocycles. The van der Waals surface area contributed by atoms with E-state index < -0.39 is 0 Å². The molecule has 0 aromatic heterocycles. The molecule has 1 aliphatic carbocycles. The molecule has 16 heavy (non-hydrogen) atoms. The SMILES string of the molecule is CCC1(CNCC2CCOCC2)CCCC1. The molecule has 1 N–H and O–H groups in total. The Labute approximate surface area is 100 Å². The topological polar surface area (TPSA) is 21.3 Å². The lowest BCUT2D eigenvalue weighted by Gasteiger charge is -2.30. The number of ether oxygens (including phenoxy) is 1. The molecule has 0 atom stereocenters. The van der Waals surface area contributed by atoms with Gasteiger partial charge in [0.2, 0.25) is 0 Å². The van der Waals surface area contributed by atoms with Crippen LogP contribution in [-0.2, 0) is 4.74 Å². The van der Waals surface area contributed by atoms with Gasteiger partial charge >= 0.3 is 0 Å². The van der Waals surface area contributed by atoms with Crippen molar-refractivity contribution in [1.82, 2.24) is 5.32 Å². The predicted molar refractivity (Wildman–Crippen MR) is 67.6 cm³/mol. The first-order valence-corrected chi connectivity index (χ1v) is 7.13. The molecule has 2 nitrogen and oxygen atoms in total. The fraction of sp³-hybridized carbons (Fsp3) is 1.00. The van der Waals surface area contributed by atoms with Crippen LogP contribution < -0.4 is 5.32 Å². The predicted octanol–water partition coefficient (Wildman–Crippen LogP) is 2.97. The third-order valence-electron chi connectivity index (χ3n) is 4.69. The number of nitrogens with one attached hydrogen (secondary N) is 1.